The highest BCUT2D eigenvalue weighted by molar-refractivity contribution is 6.14. The minimum Gasteiger partial charge on any atom is -0.497 e. The van der Waals surface area contributed by atoms with E-state index in [4.69, 9.17) is 4.74 Å². The molecule has 1 spiro atoms. The van der Waals surface area contributed by atoms with E-state index in [1.54, 1.807) is 30.2 Å². The zero-order valence-electron chi connectivity index (χ0n) is 14.1. The van der Waals surface area contributed by atoms with Crippen LogP contribution in [0, 0.1) is 0 Å². The van der Waals surface area contributed by atoms with Crippen molar-refractivity contribution in [3.05, 3.63) is 53.6 Å². The third kappa shape index (κ3) is 2.03. The molecule has 25 heavy (non-hydrogen) atoms. The molecule has 2 N–H and O–H groups in total. The van der Waals surface area contributed by atoms with Crippen LogP contribution < -0.4 is 15.4 Å². The molecule has 0 aliphatic carbocycles. The fraction of sp³-hybridized carbons (Fsp3) is 0.263. The average molecular weight is 337 g/mol. The molecule has 1 unspecified atom stereocenters. The van der Waals surface area contributed by atoms with Gasteiger partial charge in [0.2, 0.25) is 5.66 Å². The van der Waals surface area contributed by atoms with E-state index >= 15 is 0 Å². The van der Waals surface area contributed by atoms with Crippen LogP contribution in [0.1, 0.15) is 29.3 Å². The molecule has 2 aliphatic heterocycles. The first-order chi connectivity index (χ1) is 12.1. The van der Waals surface area contributed by atoms with Gasteiger partial charge < -0.3 is 20.3 Å². The maximum absolute atomic E-state index is 13.1. The molecule has 2 heterocycles. The average Bonchev–Trinajstić information content (AvgIpc) is 2.90. The van der Waals surface area contributed by atoms with Crippen molar-refractivity contribution >= 4 is 23.2 Å². The van der Waals surface area contributed by atoms with Crippen LogP contribution in [0.5, 0.6) is 5.75 Å². The highest BCUT2D eigenvalue weighted by Gasteiger charge is 2.56. The Morgan fingerprint density at radius 1 is 1.12 bits per heavy atom. The van der Waals surface area contributed by atoms with Crippen molar-refractivity contribution in [3.8, 4) is 5.75 Å². The van der Waals surface area contributed by atoms with E-state index in [1.165, 1.54) is 0 Å². The van der Waals surface area contributed by atoms with Crippen molar-refractivity contribution in [2.75, 3.05) is 24.3 Å². The first-order valence-corrected chi connectivity index (χ1v) is 8.31. The van der Waals surface area contributed by atoms with Crippen LogP contribution in [-0.2, 0) is 10.5 Å². The van der Waals surface area contributed by atoms with Gasteiger partial charge in [0.25, 0.3) is 11.8 Å². The van der Waals surface area contributed by atoms with Crippen molar-refractivity contribution in [2.45, 2.75) is 19.0 Å². The summed E-state index contributed by atoms with van der Waals surface area (Å²) in [6, 6.07) is 12.7. The molecule has 6 heteroatoms. The van der Waals surface area contributed by atoms with Crippen LogP contribution in [0.2, 0.25) is 0 Å². The fourth-order valence-corrected chi connectivity index (χ4v) is 3.63. The van der Waals surface area contributed by atoms with Gasteiger partial charge >= 0.3 is 0 Å². The van der Waals surface area contributed by atoms with Gasteiger partial charge in [0.15, 0.2) is 0 Å². The Hall–Kier alpha value is -3.02. The number of anilines is 2. The SMILES string of the molecule is CCCN1C(=O)c2ccccc2NC12C(=O)Nc1cc(OC)ccc12. The quantitative estimate of drug-likeness (QED) is 0.903. The molecular weight excluding hydrogens is 318 g/mol. The molecule has 128 valence electrons. The van der Waals surface area contributed by atoms with Gasteiger partial charge in [-0.15, -0.1) is 0 Å². The van der Waals surface area contributed by atoms with Gasteiger partial charge in [0.05, 0.1) is 18.4 Å². The van der Waals surface area contributed by atoms with Gasteiger partial charge in [-0.2, -0.15) is 0 Å². The topological polar surface area (TPSA) is 70.7 Å². The second-order valence-corrected chi connectivity index (χ2v) is 6.20. The van der Waals surface area contributed by atoms with E-state index in [0.717, 1.165) is 12.0 Å². The smallest absolute Gasteiger partial charge is 0.276 e. The lowest BCUT2D eigenvalue weighted by atomic mass is 9.92. The summed E-state index contributed by atoms with van der Waals surface area (Å²) in [6.45, 7) is 2.46. The normalized spacial score (nSPS) is 20.8. The minimum absolute atomic E-state index is 0.144. The molecular formula is C19H19N3O3. The van der Waals surface area contributed by atoms with Crippen LogP contribution in [0.25, 0.3) is 0 Å². The third-order valence-electron chi connectivity index (χ3n) is 4.76. The number of ether oxygens (including phenoxy) is 1. The molecule has 4 rings (SSSR count). The first kappa shape index (κ1) is 15.5. The van der Waals surface area contributed by atoms with Crippen LogP contribution in [0.3, 0.4) is 0 Å². The number of benzene rings is 2. The second-order valence-electron chi connectivity index (χ2n) is 6.20. The molecule has 0 saturated carbocycles. The van der Waals surface area contributed by atoms with E-state index < -0.39 is 5.66 Å². The maximum Gasteiger partial charge on any atom is 0.276 e. The van der Waals surface area contributed by atoms with Crippen LogP contribution >= 0.6 is 0 Å². The number of carbonyl (C=O) groups is 2. The van der Waals surface area contributed by atoms with E-state index in [-0.39, 0.29) is 11.8 Å². The van der Waals surface area contributed by atoms with Gasteiger partial charge in [0.1, 0.15) is 5.75 Å². The van der Waals surface area contributed by atoms with Gasteiger partial charge in [-0.3, -0.25) is 9.59 Å². The first-order valence-electron chi connectivity index (χ1n) is 8.31. The Morgan fingerprint density at radius 3 is 2.68 bits per heavy atom. The summed E-state index contributed by atoms with van der Waals surface area (Å²) in [5, 5.41) is 6.23. The number of methoxy groups -OCH3 is 1. The summed E-state index contributed by atoms with van der Waals surface area (Å²) >= 11 is 0. The van der Waals surface area contributed by atoms with Crippen LogP contribution in [0.4, 0.5) is 11.4 Å². The monoisotopic (exact) mass is 337 g/mol. The summed E-state index contributed by atoms with van der Waals surface area (Å²) in [5.74, 6) is 0.253. The number of carbonyl (C=O) groups excluding carboxylic acids is 2. The number of rotatable bonds is 3. The molecule has 2 aromatic rings. The summed E-state index contributed by atoms with van der Waals surface area (Å²) in [5.41, 5.74) is 1.40. The molecule has 2 aromatic carbocycles. The minimum atomic E-state index is -1.23. The van der Waals surface area contributed by atoms with Crippen molar-refractivity contribution in [1.82, 2.24) is 4.90 Å². The van der Waals surface area contributed by atoms with Gasteiger partial charge in [-0.05, 0) is 30.7 Å². The van der Waals surface area contributed by atoms with Crippen LogP contribution in [-0.4, -0.2) is 30.4 Å². The number of fused-ring (bicyclic) bond motifs is 3. The highest BCUT2D eigenvalue weighted by atomic mass is 16.5. The summed E-state index contributed by atoms with van der Waals surface area (Å²) < 4.78 is 5.25. The maximum atomic E-state index is 13.1. The Labute approximate surface area is 145 Å². The number of para-hydroxylation sites is 1. The highest BCUT2D eigenvalue weighted by Crippen LogP contribution is 2.46. The standard InChI is InChI=1S/C19H19N3O3/c1-3-10-22-17(23)13-6-4-5-7-15(13)21-19(22)14-9-8-12(25-2)11-16(14)20-18(19)24/h4-9,11,21H,3,10H2,1-2H3,(H,20,24). The predicted octanol–water partition coefficient (Wildman–Crippen LogP) is 2.78. The lowest BCUT2D eigenvalue weighted by Gasteiger charge is -2.44. The zero-order chi connectivity index (χ0) is 17.6. The van der Waals surface area contributed by atoms with Crippen LogP contribution in [0.15, 0.2) is 42.5 Å². The summed E-state index contributed by atoms with van der Waals surface area (Å²) in [4.78, 5) is 27.8. The zero-order valence-corrected chi connectivity index (χ0v) is 14.1. The van der Waals surface area contributed by atoms with E-state index in [2.05, 4.69) is 10.6 Å². The van der Waals surface area contributed by atoms with E-state index in [1.807, 2.05) is 31.2 Å². The predicted molar refractivity (Wildman–Crippen MR) is 94.7 cm³/mol. The summed E-state index contributed by atoms with van der Waals surface area (Å²) in [6.07, 6.45) is 0.746. The Kier molecular flexibility index (Phi) is 3.42. The Balaban J connectivity index is 1.93. The van der Waals surface area contributed by atoms with E-state index in [9.17, 15) is 9.59 Å². The Morgan fingerprint density at radius 2 is 1.92 bits per heavy atom. The van der Waals surface area contributed by atoms with Gasteiger partial charge in [-0.1, -0.05) is 19.1 Å². The van der Waals surface area contributed by atoms with Crippen molar-refractivity contribution < 1.29 is 14.3 Å². The number of hydrogen-bond donors (Lipinski definition) is 2. The molecule has 2 amide bonds. The third-order valence-corrected chi connectivity index (χ3v) is 4.76. The molecule has 2 aliphatic rings. The molecule has 0 bridgehead atoms. The number of amides is 2. The number of hydrogen-bond acceptors (Lipinski definition) is 4. The van der Waals surface area contributed by atoms with Gasteiger partial charge in [-0.25, -0.2) is 0 Å². The van der Waals surface area contributed by atoms with Crippen molar-refractivity contribution in [2.24, 2.45) is 0 Å². The molecule has 0 aromatic heterocycles. The second kappa shape index (κ2) is 5.51. The van der Waals surface area contributed by atoms with Gasteiger partial charge in [0, 0.05) is 23.9 Å². The number of nitrogens with zero attached hydrogens (tertiary/aromatic N) is 1. The molecule has 0 fully saturated rings. The van der Waals surface area contributed by atoms with Crippen molar-refractivity contribution in [3.63, 3.8) is 0 Å². The fourth-order valence-electron chi connectivity index (χ4n) is 3.63. The van der Waals surface area contributed by atoms with Crippen molar-refractivity contribution in [1.29, 1.82) is 0 Å². The molecule has 6 nitrogen and oxygen atoms in total. The molecule has 1 atom stereocenters. The van der Waals surface area contributed by atoms with E-state index in [0.29, 0.717) is 29.2 Å². The largest absolute Gasteiger partial charge is 0.497 e. The lowest BCUT2D eigenvalue weighted by molar-refractivity contribution is -0.125. The lowest BCUT2D eigenvalue weighted by Crippen LogP contribution is -2.61. The molecule has 0 radical (unpaired) electrons. The summed E-state index contributed by atoms with van der Waals surface area (Å²) in [7, 11) is 1.58. The number of nitrogens with one attached hydrogen (secondary N) is 2. The Bertz CT molecular complexity index is 880. The molecule has 0 saturated heterocycles.